The molecule has 3 rings (SSSR count). The number of nitrogens with one attached hydrogen (secondary N) is 3. The van der Waals surface area contributed by atoms with Gasteiger partial charge < -0.3 is 10.3 Å². The molecule has 0 radical (unpaired) electrons. The van der Waals surface area contributed by atoms with E-state index in [0.29, 0.717) is 28.8 Å². The molecule has 2 heterocycles. The van der Waals surface area contributed by atoms with E-state index in [2.05, 4.69) is 31.0 Å². The van der Waals surface area contributed by atoms with E-state index in [1.807, 2.05) is 6.07 Å². The Hall–Kier alpha value is -1.84. The van der Waals surface area contributed by atoms with Gasteiger partial charge in [-0.05, 0) is 23.6 Å². The van der Waals surface area contributed by atoms with Crippen molar-refractivity contribution in [2.24, 2.45) is 0 Å². The summed E-state index contributed by atoms with van der Waals surface area (Å²) in [4.78, 5) is 15.0. The van der Waals surface area contributed by atoms with Gasteiger partial charge in [0.15, 0.2) is 0 Å². The first-order valence-electron chi connectivity index (χ1n) is 7.03. The summed E-state index contributed by atoms with van der Waals surface area (Å²) in [7, 11) is -3.64. The van der Waals surface area contributed by atoms with Crippen LogP contribution in [0.3, 0.4) is 0 Å². The number of halogens is 1. The number of H-pyrrole nitrogens is 1. The van der Waals surface area contributed by atoms with Crippen molar-refractivity contribution < 1.29 is 13.2 Å². The zero-order valence-corrected chi connectivity index (χ0v) is 15.6. The Balaban J connectivity index is 1.94. The van der Waals surface area contributed by atoms with Crippen molar-refractivity contribution in [1.29, 1.82) is 0 Å². The predicted octanol–water partition coefficient (Wildman–Crippen LogP) is 3.15. The average Bonchev–Trinajstić information content (AvgIpc) is 3.22. The van der Waals surface area contributed by atoms with Gasteiger partial charge in [0.1, 0.15) is 9.90 Å². The van der Waals surface area contributed by atoms with Gasteiger partial charge in [-0.15, -0.1) is 11.3 Å². The molecule has 0 spiro atoms. The minimum atomic E-state index is -3.64. The lowest BCUT2D eigenvalue weighted by molar-refractivity contribution is 0.0952. The zero-order valence-electron chi connectivity index (χ0n) is 12.4. The van der Waals surface area contributed by atoms with Gasteiger partial charge >= 0.3 is 0 Å². The SMILES string of the molecule is O=C(NCCBr)c1cc2cccc(NS(=O)(=O)c3cccs3)c2[nH]1. The van der Waals surface area contributed by atoms with Crippen molar-refractivity contribution in [3.63, 3.8) is 0 Å². The zero-order chi connectivity index (χ0) is 17.2. The Kier molecular flexibility index (Phi) is 4.93. The minimum Gasteiger partial charge on any atom is -0.350 e. The molecule has 0 saturated carbocycles. The van der Waals surface area contributed by atoms with Crippen molar-refractivity contribution in [3.05, 3.63) is 47.5 Å². The molecule has 3 aromatic rings. The summed E-state index contributed by atoms with van der Waals surface area (Å²) in [5.41, 5.74) is 1.36. The Morgan fingerprint density at radius 3 is 2.79 bits per heavy atom. The van der Waals surface area contributed by atoms with E-state index >= 15 is 0 Å². The van der Waals surface area contributed by atoms with Gasteiger partial charge in [-0.3, -0.25) is 9.52 Å². The summed E-state index contributed by atoms with van der Waals surface area (Å²) in [5.74, 6) is -0.238. The average molecular weight is 428 g/mol. The number of aromatic nitrogens is 1. The maximum absolute atomic E-state index is 12.4. The highest BCUT2D eigenvalue weighted by molar-refractivity contribution is 9.09. The van der Waals surface area contributed by atoms with Crippen LogP contribution in [0, 0.1) is 0 Å². The molecule has 1 aromatic carbocycles. The first kappa shape index (κ1) is 17.0. The number of benzene rings is 1. The van der Waals surface area contributed by atoms with E-state index in [1.54, 1.807) is 35.7 Å². The standard InChI is InChI=1S/C15H14BrN3O3S2/c16-6-7-17-15(20)12-9-10-3-1-4-11(14(10)18-12)19-24(21,22)13-5-2-8-23-13/h1-5,8-9,18-19H,6-7H2,(H,17,20). The number of hydrogen-bond donors (Lipinski definition) is 3. The van der Waals surface area contributed by atoms with Gasteiger partial charge in [-0.2, -0.15) is 0 Å². The molecular weight excluding hydrogens is 414 g/mol. The predicted molar refractivity (Wildman–Crippen MR) is 99.6 cm³/mol. The van der Waals surface area contributed by atoms with Gasteiger partial charge in [0.05, 0.1) is 11.2 Å². The van der Waals surface area contributed by atoms with Crippen LogP contribution in [0.25, 0.3) is 10.9 Å². The molecule has 2 aromatic heterocycles. The Labute approximate surface area is 151 Å². The minimum absolute atomic E-state index is 0.237. The third-order valence-electron chi connectivity index (χ3n) is 3.29. The van der Waals surface area contributed by atoms with E-state index in [1.165, 1.54) is 0 Å². The smallest absolute Gasteiger partial charge is 0.271 e. The number of sulfonamides is 1. The second-order valence-electron chi connectivity index (χ2n) is 4.94. The fraction of sp³-hybridized carbons (Fsp3) is 0.133. The van der Waals surface area contributed by atoms with Gasteiger partial charge in [0.25, 0.3) is 15.9 Å². The van der Waals surface area contributed by atoms with E-state index in [9.17, 15) is 13.2 Å². The number of alkyl halides is 1. The molecule has 1 amide bonds. The first-order chi connectivity index (χ1) is 11.5. The molecule has 0 fully saturated rings. The molecule has 126 valence electrons. The van der Waals surface area contributed by atoms with Crippen molar-refractivity contribution in [1.82, 2.24) is 10.3 Å². The number of aromatic amines is 1. The second-order valence-corrected chi connectivity index (χ2v) is 8.59. The topological polar surface area (TPSA) is 91.1 Å². The van der Waals surface area contributed by atoms with Gasteiger partial charge in [-0.1, -0.05) is 34.1 Å². The van der Waals surface area contributed by atoms with E-state index in [-0.39, 0.29) is 10.1 Å². The summed E-state index contributed by atoms with van der Waals surface area (Å²) >= 11 is 4.39. The van der Waals surface area contributed by atoms with E-state index < -0.39 is 10.0 Å². The fourth-order valence-electron chi connectivity index (χ4n) is 2.23. The Bertz CT molecular complexity index is 965. The van der Waals surface area contributed by atoms with Crippen molar-refractivity contribution >= 4 is 59.8 Å². The van der Waals surface area contributed by atoms with Crippen LogP contribution in [0.2, 0.25) is 0 Å². The summed E-state index contributed by atoms with van der Waals surface area (Å²) in [6.45, 7) is 0.506. The van der Waals surface area contributed by atoms with Gasteiger partial charge in [0.2, 0.25) is 0 Å². The molecule has 0 atom stereocenters. The molecule has 9 heteroatoms. The number of anilines is 1. The lowest BCUT2D eigenvalue weighted by Crippen LogP contribution is -2.25. The molecule has 3 N–H and O–H groups in total. The van der Waals surface area contributed by atoms with Crippen molar-refractivity contribution in [2.45, 2.75) is 4.21 Å². The Morgan fingerprint density at radius 1 is 1.25 bits per heavy atom. The second kappa shape index (κ2) is 6.96. The molecule has 0 saturated heterocycles. The molecule has 0 aliphatic rings. The lowest BCUT2D eigenvalue weighted by atomic mass is 10.2. The molecule has 0 bridgehead atoms. The number of rotatable bonds is 6. The molecule has 24 heavy (non-hydrogen) atoms. The number of carbonyl (C=O) groups excluding carboxylic acids is 1. The van der Waals surface area contributed by atoms with Crippen LogP contribution >= 0.6 is 27.3 Å². The maximum Gasteiger partial charge on any atom is 0.271 e. The molecule has 6 nitrogen and oxygen atoms in total. The maximum atomic E-state index is 12.4. The number of thiophene rings is 1. The quantitative estimate of drug-likeness (QED) is 0.527. The van der Waals surface area contributed by atoms with E-state index in [0.717, 1.165) is 16.7 Å². The molecular formula is C15H14BrN3O3S2. The summed E-state index contributed by atoms with van der Waals surface area (Å²) in [6.07, 6.45) is 0. The highest BCUT2D eigenvalue weighted by Crippen LogP contribution is 2.27. The molecule has 0 unspecified atom stereocenters. The number of para-hydroxylation sites is 1. The number of fused-ring (bicyclic) bond motifs is 1. The monoisotopic (exact) mass is 427 g/mol. The third kappa shape index (κ3) is 3.47. The largest absolute Gasteiger partial charge is 0.350 e. The van der Waals surface area contributed by atoms with E-state index in [4.69, 9.17) is 0 Å². The summed E-state index contributed by atoms with van der Waals surface area (Å²) in [6, 6.07) is 10.1. The highest BCUT2D eigenvalue weighted by atomic mass is 79.9. The Morgan fingerprint density at radius 2 is 2.08 bits per heavy atom. The van der Waals surface area contributed by atoms with Crippen LogP contribution in [0.5, 0.6) is 0 Å². The van der Waals surface area contributed by atoms with Gasteiger partial charge in [0, 0.05) is 17.3 Å². The van der Waals surface area contributed by atoms with Crippen LogP contribution < -0.4 is 10.0 Å². The molecule has 0 aliphatic heterocycles. The van der Waals surface area contributed by atoms with Crippen LogP contribution in [0.15, 0.2) is 46.0 Å². The van der Waals surface area contributed by atoms with Crippen LogP contribution in [0.4, 0.5) is 5.69 Å². The van der Waals surface area contributed by atoms with Crippen LogP contribution in [-0.4, -0.2) is 31.2 Å². The van der Waals surface area contributed by atoms with Crippen LogP contribution in [-0.2, 0) is 10.0 Å². The fourth-order valence-corrected chi connectivity index (χ4v) is 4.49. The number of amides is 1. The van der Waals surface area contributed by atoms with Crippen LogP contribution in [0.1, 0.15) is 10.5 Å². The molecule has 0 aliphatic carbocycles. The summed E-state index contributed by atoms with van der Waals surface area (Å²) < 4.78 is 27.6. The van der Waals surface area contributed by atoms with Gasteiger partial charge in [-0.25, -0.2) is 8.42 Å². The first-order valence-corrected chi connectivity index (χ1v) is 10.5. The van der Waals surface area contributed by atoms with Crippen molar-refractivity contribution in [3.8, 4) is 0 Å². The lowest BCUT2D eigenvalue weighted by Gasteiger charge is -2.07. The number of carbonyl (C=O) groups is 1. The number of hydrogen-bond acceptors (Lipinski definition) is 4. The highest BCUT2D eigenvalue weighted by Gasteiger charge is 2.18. The van der Waals surface area contributed by atoms with Crippen molar-refractivity contribution in [2.75, 3.05) is 16.6 Å². The normalized spacial score (nSPS) is 11.5. The summed E-state index contributed by atoms with van der Waals surface area (Å²) in [5, 5.41) is 5.86. The third-order valence-corrected chi connectivity index (χ3v) is 6.44.